The number of esters is 1. The van der Waals surface area contributed by atoms with Crippen molar-refractivity contribution in [3.8, 4) is 0 Å². The summed E-state index contributed by atoms with van der Waals surface area (Å²) >= 11 is 0. The summed E-state index contributed by atoms with van der Waals surface area (Å²) in [5, 5.41) is 9.54. The van der Waals surface area contributed by atoms with Gasteiger partial charge >= 0.3 is 5.97 Å². The zero-order chi connectivity index (χ0) is 11.6. The molecule has 0 aromatic rings. The Bertz CT molecular complexity index is 203. The molecule has 0 fully saturated rings. The van der Waals surface area contributed by atoms with Crippen LogP contribution in [0.25, 0.3) is 0 Å². The van der Waals surface area contributed by atoms with E-state index in [0.717, 1.165) is 0 Å². The summed E-state index contributed by atoms with van der Waals surface area (Å²) < 4.78 is 5.26. The second-order valence-corrected chi connectivity index (χ2v) is 4.95. The summed E-state index contributed by atoms with van der Waals surface area (Å²) in [6.45, 7) is 10.7. The number of ether oxygens (including phenoxy) is 1. The van der Waals surface area contributed by atoms with Crippen molar-refractivity contribution >= 4 is 5.97 Å². The fourth-order valence-corrected chi connectivity index (χ4v) is 1.00. The molecule has 0 aromatic carbocycles. The third-order valence-corrected chi connectivity index (χ3v) is 2.52. The molecule has 0 aliphatic rings. The van der Waals surface area contributed by atoms with E-state index < -0.39 is 17.1 Å². The van der Waals surface area contributed by atoms with Gasteiger partial charge in [-0.15, -0.1) is 0 Å². The number of hydrogen-bond acceptors (Lipinski definition) is 3. The third-order valence-electron chi connectivity index (χ3n) is 2.52. The van der Waals surface area contributed by atoms with Gasteiger partial charge in [-0.05, 0) is 41.0 Å². The molecule has 0 rings (SSSR count). The molecule has 14 heavy (non-hydrogen) atoms. The Hall–Kier alpha value is -0.570. The molecule has 0 aliphatic carbocycles. The molecule has 3 heteroatoms. The van der Waals surface area contributed by atoms with Crippen LogP contribution in [-0.4, -0.2) is 22.8 Å². The molecular weight excluding hydrogens is 180 g/mol. The van der Waals surface area contributed by atoms with Crippen molar-refractivity contribution in [3.05, 3.63) is 0 Å². The molecule has 0 saturated carbocycles. The van der Waals surface area contributed by atoms with E-state index in [9.17, 15) is 9.90 Å². The second-order valence-electron chi connectivity index (χ2n) is 4.95. The number of hydrogen-bond donors (Lipinski definition) is 1. The minimum atomic E-state index is -0.798. The van der Waals surface area contributed by atoms with Crippen molar-refractivity contribution in [3.63, 3.8) is 0 Å². The van der Waals surface area contributed by atoms with E-state index in [1.807, 2.05) is 27.7 Å². The number of aliphatic hydroxyl groups excluding tert-OH is 1. The molecule has 84 valence electrons. The topological polar surface area (TPSA) is 46.5 Å². The molecule has 0 amide bonds. The normalized spacial score (nSPS) is 18.5. The maximum absolute atomic E-state index is 11.8. The van der Waals surface area contributed by atoms with E-state index in [-0.39, 0.29) is 5.97 Å². The molecule has 3 nitrogen and oxygen atoms in total. The summed E-state index contributed by atoms with van der Waals surface area (Å²) in [4.78, 5) is 11.8. The highest BCUT2D eigenvalue weighted by molar-refractivity contribution is 5.77. The smallest absolute Gasteiger partial charge is 0.314 e. The quantitative estimate of drug-likeness (QED) is 0.713. The molecule has 0 aromatic heterocycles. The molecule has 0 saturated heterocycles. The average Bonchev–Trinajstić information content (AvgIpc) is 1.99. The summed E-state index contributed by atoms with van der Waals surface area (Å²) in [6.07, 6.45) is -0.123. The highest BCUT2D eigenvalue weighted by atomic mass is 16.6. The predicted octanol–water partition coefficient (Wildman–Crippen LogP) is 2.13. The van der Waals surface area contributed by atoms with E-state index in [2.05, 4.69) is 0 Å². The first-order valence-corrected chi connectivity index (χ1v) is 5.05. The van der Waals surface area contributed by atoms with Crippen molar-refractivity contribution in [1.82, 2.24) is 0 Å². The van der Waals surface area contributed by atoms with E-state index in [0.29, 0.717) is 6.42 Å². The van der Waals surface area contributed by atoms with Gasteiger partial charge in [0.05, 0.1) is 11.5 Å². The van der Waals surface area contributed by atoms with Gasteiger partial charge in [0.15, 0.2) is 0 Å². The van der Waals surface area contributed by atoms with Crippen LogP contribution in [0.1, 0.15) is 48.0 Å². The van der Waals surface area contributed by atoms with Crippen LogP contribution < -0.4 is 0 Å². The molecule has 0 spiro atoms. The van der Waals surface area contributed by atoms with Gasteiger partial charge in [0.2, 0.25) is 0 Å². The Morgan fingerprint density at radius 3 is 2.00 bits per heavy atom. The van der Waals surface area contributed by atoms with E-state index in [1.54, 1.807) is 13.8 Å². The lowest BCUT2D eigenvalue weighted by atomic mass is 9.82. The van der Waals surface area contributed by atoms with Crippen LogP contribution >= 0.6 is 0 Å². The molecule has 2 unspecified atom stereocenters. The molecule has 0 heterocycles. The molecule has 0 aliphatic heterocycles. The van der Waals surface area contributed by atoms with Crippen molar-refractivity contribution in [2.24, 2.45) is 5.41 Å². The Labute approximate surface area is 86.5 Å². The van der Waals surface area contributed by atoms with Crippen molar-refractivity contribution in [2.45, 2.75) is 59.7 Å². The predicted molar refractivity (Wildman–Crippen MR) is 55.9 cm³/mol. The number of carbonyl (C=O) groups is 1. The first kappa shape index (κ1) is 13.4. The molecule has 1 N–H and O–H groups in total. The second kappa shape index (κ2) is 4.30. The fraction of sp³-hybridized carbons (Fsp3) is 0.909. The van der Waals surface area contributed by atoms with Crippen LogP contribution in [0, 0.1) is 5.41 Å². The van der Waals surface area contributed by atoms with Crippen molar-refractivity contribution < 1.29 is 14.6 Å². The highest BCUT2D eigenvalue weighted by Crippen LogP contribution is 2.29. The van der Waals surface area contributed by atoms with Crippen molar-refractivity contribution in [2.75, 3.05) is 0 Å². The molecular formula is C11H22O3. The zero-order valence-electron chi connectivity index (χ0n) is 10.0. The average molecular weight is 202 g/mol. The van der Waals surface area contributed by atoms with Crippen LogP contribution in [0.5, 0.6) is 0 Å². The first-order chi connectivity index (χ1) is 6.13. The zero-order valence-corrected chi connectivity index (χ0v) is 10.0. The first-order valence-electron chi connectivity index (χ1n) is 5.05. The summed E-state index contributed by atoms with van der Waals surface area (Å²) in [7, 11) is 0. The number of carbonyl (C=O) groups excluding carboxylic acids is 1. The van der Waals surface area contributed by atoms with Gasteiger partial charge < -0.3 is 9.84 Å². The standard InChI is InChI=1S/C11H22O3/c1-7-11(6,8(2)12)9(13)14-10(3,4)5/h8,12H,7H2,1-6H3. The Balaban J connectivity index is 4.64. The SMILES string of the molecule is CCC(C)(C(=O)OC(C)(C)C)C(C)O. The van der Waals surface area contributed by atoms with Gasteiger partial charge in [-0.1, -0.05) is 6.92 Å². The van der Waals surface area contributed by atoms with Crippen LogP contribution in [-0.2, 0) is 9.53 Å². The third kappa shape index (κ3) is 3.29. The maximum atomic E-state index is 11.8. The monoisotopic (exact) mass is 202 g/mol. The Morgan fingerprint density at radius 2 is 1.79 bits per heavy atom. The molecule has 2 atom stereocenters. The van der Waals surface area contributed by atoms with Gasteiger partial charge in [-0.3, -0.25) is 4.79 Å². The molecule has 0 radical (unpaired) electrons. The number of aliphatic hydroxyl groups is 1. The minimum Gasteiger partial charge on any atom is -0.459 e. The highest BCUT2D eigenvalue weighted by Gasteiger charge is 2.39. The number of rotatable bonds is 3. The summed E-state index contributed by atoms with van der Waals surface area (Å²) in [5.41, 5.74) is -1.30. The van der Waals surface area contributed by atoms with Gasteiger partial charge in [0.25, 0.3) is 0 Å². The van der Waals surface area contributed by atoms with Gasteiger partial charge in [-0.25, -0.2) is 0 Å². The summed E-state index contributed by atoms with van der Waals surface area (Å²) in [6, 6.07) is 0. The van der Waals surface area contributed by atoms with E-state index in [4.69, 9.17) is 4.74 Å². The summed E-state index contributed by atoms with van der Waals surface area (Å²) in [5.74, 6) is -0.331. The molecule has 0 bridgehead atoms. The van der Waals surface area contributed by atoms with Gasteiger partial charge in [-0.2, -0.15) is 0 Å². The van der Waals surface area contributed by atoms with E-state index >= 15 is 0 Å². The van der Waals surface area contributed by atoms with Crippen molar-refractivity contribution in [1.29, 1.82) is 0 Å². The lowest BCUT2D eigenvalue weighted by molar-refractivity contribution is -0.173. The van der Waals surface area contributed by atoms with Gasteiger partial charge in [0, 0.05) is 0 Å². The Morgan fingerprint density at radius 1 is 1.36 bits per heavy atom. The lowest BCUT2D eigenvalue weighted by Crippen LogP contribution is -2.42. The van der Waals surface area contributed by atoms with Crippen LogP contribution in [0.3, 0.4) is 0 Å². The largest absolute Gasteiger partial charge is 0.459 e. The van der Waals surface area contributed by atoms with Gasteiger partial charge in [0.1, 0.15) is 5.60 Å². The fourth-order valence-electron chi connectivity index (χ4n) is 1.00. The minimum absolute atomic E-state index is 0.331. The Kier molecular flexibility index (Phi) is 4.13. The lowest BCUT2D eigenvalue weighted by Gasteiger charge is -2.32. The van der Waals surface area contributed by atoms with Crippen LogP contribution in [0.15, 0.2) is 0 Å². The van der Waals surface area contributed by atoms with Crippen LogP contribution in [0.2, 0.25) is 0 Å². The van der Waals surface area contributed by atoms with E-state index in [1.165, 1.54) is 0 Å². The van der Waals surface area contributed by atoms with Crippen LogP contribution in [0.4, 0.5) is 0 Å². The maximum Gasteiger partial charge on any atom is 0.314 e.